The second kappa shape index (κ2) is 4.63. The molecule has 0 spiro atoms. The van der Waals surface area contributed by atoms with E-state index in [1.165, 1.54) is 0 Å². The van der Waals surface area contributed by atoms with Gasteiger partial charge in [0, 0.05) is 25.1 Å². The number of nitrogens with two attached hydrogens (primary N) is 1. The van der Waals surface area contributed by atoms with E-state index in [9.17, 15) is 0 Å². The zero-order valence-electron chi connectivity index (χ0n) is 8.97. The maximum absolute atomic E-state index is 5.98. The van der Waals surface area contributed by atoms with Crippen molar-refractivity contribution in [2.75, 3.05) is 6.54 Å². The zero-order valence-corrected chi connectivity index (χ0v) is 9.72. The number of hydrogen-bond donors (Lipinski definition) is 1. The Hall–Kier alpha value is -1.39. The highest BCUT2D eigenvalue weighted by Gasteiger charge is 2.14. The van der Waals surface area contributed by atoms with E-state index >= 15 is 0 Å². The van der Waals surface area contributed by atoms with E-state index < -0.39 is 0 Å². The van der Waals surface area contributed by atoms with Crippen molar-refractivity contribution < 1.29 is 0 Å². The summed E-state index contributed by atoms with van der Waals surface area (Å²) in [4.78, 5) is 4.08. The molecule has 2 heterocycles. The van der Waals surface area contributed by atoms with E-state index in [4.69, 9.17) is 17.3 Å². The minimum absolute atomic E-state index is 0.0140. The number of pyridine rings is 1. The molecule has 0 saturated heterocycles. The molecular weight excluding hydrogens is 224 g/mol. The first-order valence-electron chi connectivity index (χ1n) is 5.03. The van der Waals surface area contributed by atoms with Crippen LogP contribution in [0.1, 0.15) is 17.3 Å². The van der Waals surface area contributed by atoms with Gasteiger partial charge in [0.05, 0.1) is 16.8 Å². The summed E-state index contributed by atoms with van der Waals surface area (Å²) in [6, 6.07) is 3.85. The molecule has 0 radical (unpaired) electrons. The van der Waals surface area contributed by atoms with E-state index in [1.54, 1.807) is 23.3 Å². The van der Waals surface area contributed by atoms with E-state index in [-0.39, 0.29) is 6.04 Å². The SMILES string of the molecule is Cc1nn(C(CN)c2cccnc2)cc1Cl. The van der Waals surface area contributed by atoms with E-state index in [2.05, 4.69) is 10.1 Å². The Labute approximate surface area is 99.1 Å². The van der Waals surface area contributed by atoms with Crippen molar-refractivity contribution in [3.63, 3.8) is 0 Å². The first-order chi connectivity index (χ1) is 7.72. The third-order valence-electron chi connectivity index (χ3n) is 2.47. The van der Waals surface area contributed by atoms with Crippen LogP contribution in [0.5, 0.6) is 0 Å². The van der Waals surface area contributed by atoms with Crippen molar-refractivity contribution in [1.82, 2.24) is 14.8 Å². The smallest absolute Gasteiger partial charge is 0.0906 e. The largest absolute Gasteiger partial charge is 0.328 e. The molecule has 16 heavy (non-hydrogen) atoms. The van der Waals surface area contributed by atoms with Crippen molar-refractivity contribution in [2.24, 2.45) is 5.73 Å². The molecule has 2 aromatic heterocycles. The molecule has 1 atom stereocenters. The van der Waals surface area contributed by atoms with Gasteiger partial charge in [0.2, 0.25) is 0 Å². The van der Waals surface area contributed by atoms with Crippen molar-refractivity contribution in [2.45, 2.75) is 13.0 Å². The lowest BCUT2D eigenvalue weighted by atomic mass is 10.1. The minimum Gasteiger partial charge on any atom is -0.328 e. The molecule has 0 fully saturated rings. The van der Waals surface area contributed by atoms with Crippen LogP contribution in [0.4, 0.5) is 0 Å². The molecule has 0 aliphatic rings. The molecule has 84 valence electrons. The van der Waals surface area contributed by atoms with Gasteiger partial charge < -0.3 is 5.73 Å². The third kappa shape index (κ3) is 2.08. The maximum atomic E-state index is 5.98. The highest BCUT2D eigenvalue weighted by Crippen LogP contribution is 2.20. The summed E-state index contributed by atoms with van der Waals surface area (Å²) in [5, 5.41) is 4.99. The van der Waals surface area contributed by atoms with Crippen LogP contribution in [-0.2, 0) is 0 Å². The molecule has 5 heteroatoms. The highest BCUT2D eigenvalue weighted by atomic mass is 35.5. The Bertz CT molecular complexity index is 447. The first-order valence-corrected chi connectivity index (χ1v) is 5.41. The van der Waals surface area contributed by atoms with Gasteiger partial charge in [0.25, 0.3) is 0 Å². The number of aryl methyl sites for hydroxylation is 1. The second-order valence-electron chi connectivity index (χ2n) is 3.58. The Morgan fingerprint density at radius 2 is 2.38 bits per heavy atom. The predicted molar refractivity (Wildman–Crippen MR) is 63.4 cm³/mol. The molecule has 2 N–H and O–H groups in total. The fraction of sp³-hybridized carbons (Fsp3) is 0.273. The van der Waals surface area contributed by atoms with Gasteiger partial charge in [-0.1, -0.05) is 17.7 Å². The molecular formula is C11H13ClN4. The van der Waals surface area contributed by atoms with Gasteiger partial charge in [0.1, 0.15) is 0 Å². The van der Waals surface area contributed by atoms with Crippen molar-refractivity contribution >= 4 is 11.6 Å². The lowest BCUT2D eigenvalue weighted by molar-refractivity contribution is 0.527. The van der Waals surface area contributed by atoms with Gasteiger partial charge in [-0.05, 0) is 18.6 Å². The van der Waals surface area contributed by atoms with Crippen molar-refractivity contribution in [3.05, 3.63) is 47.0 Å². The molecule has 0 bridgehead atoms. The lowest BCUT2D eigenvalue weighted by Crippen LogP contribution is -2.21. The van der Waals surface area contributed by atoms with Crippen molar-refractivity contribution in [3.8, 4) is 0 Å². The number of hydrogen-bond acceptors (Lipinski definition) is 3. The van der Waals surface area contributed by atoms with E-state index in [1.807, 2.05) is 19.1 Å². The average Bonchev–Trinajstić information content (AvgIpc) is 2.61. The van der Waals surface area contributed by atoms with Crippen LogP contribution in [-0.4, -0.2) is 21.3 Å². The summed E-state index contributed by atoms with van der Waals surface area (Å²) in [6.07, 6.45) is 5.32. The molecule has 2 rings (SSSR count). The summed E-state index contributed by atoms with van der Waals surface area (Å²) >= 11 is 5.98. The Balaban J connectivity index is 2.37. The number of aromatic nitrogens is 3. The molecule has 0 amide bonds. The summed E-state index contributed by atoms with van der Waals surface area (Å²) in [5.41, 5.74) is 7.61. The predicted octanol–water partition coefficient (Wildman–Crippen LogP) is 1.79. The quantitative estimate of drug-likeness (QED) is 0.884. The van der Waals surface area contributed by atoms with Crippen LogP contribution >= 0.6 is 11.6 Å². The monoisotopic (exact) mass is 236 g/mol. The van der Waals surface area contributed by atoms with Gasteiger partial charge in [0.15, 0.2) is 0 Å². The summed E-state index contributed by atoms with van der Waals surface area (Å²) in [7, 11) is 0. The third-order valence-corrected chi connectivity index (χ3v) is 2.84. The zero-order chi connectivity index (χ0) is 11.5. The number of halogens is 1. The molecule has 0 aliphatic carbocycles. The average molecular weight is 237 g/mol. The molecule has 2 aromatic rings. The lowest BCUT2D eigenvalue weighted by Gasteiger charge is -2.15. The number of nitrogens with zero attached hydrogens (tertiary/aromatic N) is 3. The maximum Gasteiger partial charge on any atom is 0.0906 e. The van der Waals surface area contributed by atoms with Gasteiger partial charge in [-0.3, -0.25) is 9.67 Å². The Morgan fingerprint density at radius 3 is 2.88 bits per heavy atom. The van der Waals surface area contributed by atoms with Crippen LogP contribution in [0.15, 0.2) is 30.7 Å². The number of rotatable bonds is 3. The normalized spacial score (nSPS) is 12.7. The Morgan fingerprint density at radius 1 is 1.56 bits per heavy atom. The van der Waals surface area contributed by atoms with Crippen LogP contribution in [0.25, 0.3) is 0 Å². The van der Waals surface area contributed by atoms with Gasteiger partial charge in [-0.2, -0.15) is 5.10 Å². The fourth-order valence-electron chi connectivity index (χ4n) is 1.59. The second-order valence-corrected chi connectivity index (χ2v) is 3.99. The molecule has 4 nitrogen and oxygen atoms in total. The van der Waals surface area contributed by atoms with Gasteiger partial charge in [-0.25, -0.2) is 0 Å². The van der Waals surface area contributed by atoms with Crippen LogP contribution in [0.3, 0.4) is 0 Å². The summed E-state index contributed by atoms with van der Waals surface area (Å²) < 4.78 is 1.79. The topological polar surface area (TPSA) is 56.7 Å². The molecule has 1 unspecified atom stereocenters. The Kier molecular flexibility index (Phi) is 3.22. The van der Waals surface area contributed by atoms with E-state index in [0.717, 1.165) is 11.3 Å². The highest BCUT2D eigenvalue weighted by molar-refractivity contribution is 6.31. The van der Waals surface area contributed by atoms with E-state index in [0.29, 0.717) is 11.6 Å². The van der Waals surface area contributed by atoms with Crippen LogP contribution < -0.4 is 5.73 Å². The first kappa shape index (κ1) is 11.1. The van der Waals surface area contributed by atoms with Crippen molar-refractivity contribution in [1.29, 1.82) is 0 Å². The van der Waals surface area contributed by atoms with Crippen LogP contribution in [0, 0.1) is 6.92 Å². The molecule has 0 saturated carbocycles. The van der Waals surface area contributed by atoms with Crippen LogP contribution in [0.2, 0.25) is 5.02 Å². The van der Waals surface area contributed by atoms with Gasteiger partial charge >= 0.3 is 0 Å². The minimum atomic E-state index is -0.0140. The van der Waals surface area contributed by atoms with Gasteiger partial charge in [-0.15, -0.1) is 0 Å². The molecule has 0 aromatic carbocycles. The summed E-state index contributed by atoms with van der Waals surface area (Å²) in [5.74, 6) is 0. The molecule has 0 aliphatic heterocycles. The summed E-state index contributed by atoms with van der Waals surface area (Å²) in [6.45, 7) is 2.33. The standard InChI is InChI=1S/C11H13ClN4/c1-8-10(12)7-16(15-8)11(5-13)9-3-2-4-14-6-9/h2-4,6-7,11H,5,13H2,1H3. The fourth-order valence-corrected chi connectivity index (χ4v) is 1.73.